The number of nitrogens with one attached hydrogen (secondary N) is 1. The highest BCUT2D eigenvalue weighted by molar-refractivity contribution is 6.42. The number of halogens is 2. The van der Waals surface area contributed by atoms with Crippen molar-refractivity contribution in [3.63, 3.8) is 0 Å². The van der Waals surface area contributed by atoms with Gasteiger partial charge in [0.15, 0.2) is 0 Å². The molecule has 1 unspecified atom stereocenters. The zero-order valence-corrected chi connectivity index (χ0v) is 15.3. The molecule has 1 N–H and O–H groups in total. The molecule has 0 spiro atoms. The standard InChI is InChI=1S/C17H21Cl2N3O/c1-5-10(2)20-17(23)9-14-11(3)21-22(12(14)4)13-6-7-15(18)16(19)8-13/h6-8,10H,5,9H2,1-4H3,(H,20,23). The molecule has 23 heavy (non-hydrogen) atoms. The van der Waals surface area contributed by atoms with Gasteiger partial charge in [-0.05, 0) is 45.4 Å². The van der Waals surface area contributed by atoms with Gasteiger partial charge in [-0.2, -0.15) is 5.10 Å². The Kier molecular flexibility index (Phi) is 5.71. The molecule has 2 aromatic rings. The molecular weight excluding hydrogens is 333 g/mol. The Hall–Kier alpha value is -1.52. The van der Waals surface area contributed by atoms with Gasteiger partial charge >= 0.3 is 0 Å². The lowest BCUT2D eigenvalue weighted by molar-refractivity contribution is -0.121. The van der Waals surface area contributed by atoms with Crippen LogP contribution < -0.4 is 5.32 Å². The summed E-state index contributed by atoms with van der Waals surface area (Å²) in [5.74, 6) is 0.0132. The van der Waals surface area contributed by atoms with Crippen LogP contribution in [0.3, 0.4) is 0 Å². The first-order valence-corrected chi connectivity index (χ1v) is 8.39. The van der Waals surface area contributed by atoms with Crippen LogP contribution in [0.5, 0.6) is 0 Å². The van der Waals surface area contributed by atoms with Crippen molar-refractivity contribution < 1.29 is 4.79 Å². The molecule has 124 valence electrons. The first kappa shape index (κ1) is 17.8. The summed E-state index contributed by atoms with van der Waals surface area (Å²) in [5, 5.41) is 8.51. The largest absolute Gasteiger partial charge is 0.353 e. The maximum absolute atomic E-state index is 12.1. The molecule has 0 fully saturated rings. The fourth-order valence-corrected chi connectivity index (χ4v) is 2.68. The molecule has 2 rings (SSSR count). The first-order chi connectivity index (χ1) is 10.8. The number of rotatable bonds is 5. The van der Waals surface area contributed by atoms with E-state index in [4.69, 9.17) is 23.2 Å². The SMILES string of the molecule is CCC(C)NC(=O)Cc1c(C)nn(-c2ccc(Cl)c(Cl)c2)c1C. The summed E-state index contributed by atoms with van der Waals surface area (Å²) >= 11 is 12.0. The normalized spacial score (nSPS) is 12.3. The van der Waals surface area contributed by atoms with Gasteiger partial charge in [0, 0.05) is 17.3 Å². The Balaban J connectivity index is 2.28. The number of hydrogen-bond donors (Lipinski definition) is 1. The van der Waals surface area contributed by atoms with Crippen LogP contribution in [-0.4, -0.2) is 21.7 Å². The summed E-state index contributed by atoms with van der Waals surface area (Å²) in [5.41, 5.74) is 3.54. The third kappa shape index (κ3) is 4.06. The number of amides is 1. The molecule has 0 aliphatic rings. The molecule has 0 saturated carbocycles. The van der Waals surface area contributed by atoms with Crippen molar-refractivity contribution in [1.29, 1.82) is 0 Å². The van der Waals surface area contributed by atoms with Crippen molar-refractivity contribution in [2.45, 2.75) is 46.6 Å². The van der Waals surface area contributed by atoms with E-state index in [0.717, 1.165) is 29.1 Å². The van der Waals surface area contributed by atoms with E-state index in [1.165, 1.54) is 0 Å². The zero-order valence-electron chi connectivity index (χ0n) is 13.8. The number of benzene rings is 1. The molecule has 1 atom stereocenters. The molecule has 0 radical (unpaired) electrons. The summed E-state index contributed by atoms with van der Waals surface area (Å²) in [6.45, 7) is 7.90. The minimum atomic E-state index is 0.0132. The maximum Gasteiger partial charge on any atom is 0.224 e. The number of carbonyl (C=O) groups is 1. The van der Waals surface area contributed by atoms with Gasteiger partial charge in [-0.15, -0.1) is 0 Å². The third-order valence-electron chi connectivity index (χ3n) is 3.95. The Morgan fingerprint density at radius 3 is 2.61 bits per heavy atom. The average molecular weight is 354 g/mol. The fourth-order valence-electron chi connectivity index (χ4n) is 2.39. The zero-order chi connectivity index (χ0) is 17.1. The molecule has 0 aliphatic heterocycles. The van der Waals surface area contributed by atoms with Crippen LogP contribution in [0.1, 0.15) is 37.2 Å². The summed E-state index contributed by atoms with van der Waals surface area (Å²) in [7, 11) is 0. The van der Waals surface area contributed by atoms with Crippen LogP contribution in [-0.2, 0) is 11.2 Å². The van der Waals surface area contributed by atoms with Gasteiger partial charge in [0.1, 0.15) is 0 Å². The van der Waals surface area contributed by atoms with Crippen LogP contribution in [0.4, 0.5) is 0 Å². The molecule has 1 heterocycles. The summed E-state index contributed by atoms with van der Waals surface area (Å²) < 4.78 is 1.80. The van der Waals surface area contributed by atoms with E-state index in [-0.39, 0.29) is 11.9 Å². The Morgan fingerprint density at radius 2 is 2.00 bits per heavy atom. The van der Waals surface area contributed by atoms with Crippen molar-refractivity contribution in [3.05, 3.63) is 45.2 Å². The lowest BCUT2D eigenvalue weighted by Crippen LogP contribution is -2.33. The van der Waals surface area contributed by atoms with Gasteiger partial charge < -0.3 is 5.32 Å². The van der Waals surface area contributed by atoms with Gasteiger partial charge in [0.2, 0.25) is 5.91 Å². The number of aromatic nitrogens is 2. The first-order valence-electron chi connectivity index (χ1n) is 7.63. The highest BCUT2D eigenvalue weighted by Gasteiger charge is 2.17. The number of carbonyl (C=O) groups excluding carboxylic acids is 1. The smallest absolute Gasteiger partial charge is 0.224 e. The van der Waals surface area contributed by atoms with E-state index in [0.29, 0.717) is 16.5 Å². The van der Waals surface area contributed by atoms with Crippen LogP contribution in [0.2, 0.25) is 10.0 Å². The lowest BCUT2D eigenvalue weighted by Gasteiger charge is -2.11. The molecule has 4 nitrogen and oxygen atoms in total. The molecule has 0 bridgehead atoms. The molecule has 1 aromatic carbocycles. The molecular formula is C17H21Cl2N3O. The van der Waals surface area contributed by atoms with Crippen molar-refractivity contribution in [1.82, 2.24) is 15.1 Å². The monoisotopic (exact) mass is 353 g/mol. The number of hydrogen-bond acceptors (Lipinski definition) is 2. The summed E-state index contributed by atoms with van der Waals surface area (Å²) in [4.78, 5) is 12.1. The van der Waals surface area contributed by atoms with E-state index < -0.39 is 0 Å². The van der Waals surface area contributed by atoms with Gasteiger partial charge in [0.25, 0.3) is 0 Å². The summed E-state index contributed by atoms with van der Waals surface area (Å²) in [6, 6.07) is 5.54. The van der Waals surface area contributed by atoms with Crippen molar-refractivity contribution in [3.8, 4) is 5.69 Å². The van der Waals surface area contributed by atoms with Gasteiger partial charge in [-0.1, -0.05) is 30.1 Å². The van der Waals surface area contributed by atoms with E-state index >= 15 is 0 Å². The topological polar surface area (TPSA) is 46.9 Å². The van der Waals surface area contributed by atoms with E-state index in [1.54, 1.807) is 16.8 Å². The van der Waals surface area contributed by atoms with E-state index in [9.17, 15) is 4.79 Å². The van der Waals surface area contributed by atoms with E-state index in [1.807, 2.05) is 33.8 Å². The molecule has 6 heteroatoms. The van der Waals surface area contributed by atoms with Gasteiger partial charge in [0.05, 0.1) is 27.8 Å². The van der Waals surface area contributed by atoms with Crippen molar-refractivity contribution in [2.75, 3.05) is 0 Å². The molecule has 0 saturated heterocycles. The minimum Gasteiger partial charge on any atom is -0.353 e. The predicted molar refractivity (Wildman–Crippen MR) is 94.7 cm³/mol. The van der Waals surface area contributed by atoms with Gasteiger partial charge in [-0.3, -0.25) is 4.79 Å². The quantitative estimate of drug-likeness (QED) is 0.872. The Morgan fingerprint density at radius 1 is 1.30 bits per heavy atom. The second-order valence-corrected chi connectivity index (χ2v) is 6.53. The number of aryl methyl sites for hydroxylation is 1. The highest BCUT2D eigenvalue weighted by Crippen LogP contribution is 2.26. The third-order valence-corrected chi connectivity index (χ3v) is 4.69. The Labute approximate surface area is 146 Å². The van der Waals surface area contributed by atoms with Crippen LogP contribution in [0.25, 0.3) is 5.69 Å². The van der Waals surface area contributed by atoms with Crippen molar-refractivity contribution >= 4 is 29.1 Å². The summed E-state index contributed by atoms with van der Waals surface area (Å²) in [6.07, 6.45) is 1.23. The van der Waals surface area contributed by atoms with E-state index in [2.05, 4.69) is 10.4 Å². The Bertz CT molecular complexity index is 725. The average Bonchev–Trinajstić information content (AvgIpc) is 2.78. The second kappa shape index (κ2) is 7.37. The van der Waals surface area contributed by atoms with Crippen LogP contribution in [0.15, 0.2) is 18.2 Å². The lowest BCUT2D eigenvalue weighted by atomic mass is 10.1. The van der Waals surface area contributed by atoms with Crippen LogP contribution >= 0.6 is 23.2 Å². The highest BCUT2D eigenvalue weighted by atomic mass is 35.5. The van der Waals surface area contributed by atoms with Gasteiger partial charge in [-0.25, -0.2) is 4.68 Å². The van der Waals surface area contributed by atoms with Crippen molar-refractivity contribution in [2.24, 2.45) is 0 Å². The van der Waals surface area contributed by atoms with Crippen LogP contribution in [0, 0.1) is 13.8 Å². The maximum atomic E-state index is 12.1. The predicted octanol–water partition coefficient (Wildman–Crippen LogP) is 4.25. The second-order valence-electron chi connectivity index (χ2n) is 5.71. The minimum absolute atomic E-state index is 0.0132. The fraction of sp³-hybridized carbons (Fsp3) is 0.412. The molecule has 0 aliphatic carbocycles. The molecule has 1 aromatic heterocycles. The number of nitrogens with zero attached hydrogens (tertiary/aromatic N) is 2. The molecule has 1 amide bonds.